The van der Waals surface area contributed by atoms with E-state index in [0.29, 0.717) is 10.9 Å². The molecule has 3 N–H and O–H groups in total. The molecule has 1 aromatic carbocycles. The van der Waals surface area contributed by atoms with Gasteiger partial charge in [0.15, 0.2) is 0 Å². The zero-order chi connectivity index (χ0) is 14.5. The molecule has 0 saturated carbocycles. The smallest absolute Gasteiger partial charge is 0.340 e. The molecule has 20 heavy (non-hydrogen) atoms. The molecule has 0 spiro atoms. The van der Waals surface area contributed by atoms with E-state index >= 15 is 0 Å². The Hall–Kier alpha value is -2.48. The summed E-state index contributed by atoms with van der Waals surface area (Å²) in [6, 6.07) is 4.37. The van der Waals surface area contributed by atoms with Gasteiger partial charge >= 0.3 is 5.97 Å². The monoisotopic (exact) mass is 294 g/mol. The molecule has 2 rings (SSSR count). The molecule has 0 aliphatic carbocycles. The third kappa shape index (κ3) is 3.09. The van der Waals surface area contributed by atoms with Crippen molar-refractivity contribution in [3.05, 3.63) is 40.5 Å². The number of thiazole rings is 1. The van der Waals surface area contributed by atoms with Gasteiger partial charge in [0.05, 0.1) is 18.9 Å². The average Bonchev–Trinajstić information content (AvgIpc) is 2.85. The summed E-state index contributed by atoms with van der Waals surface area (Å²) in [5.74, 6) is -1.05. The van der Waals surface area contributed by atoms with Crippen LogP contribution in [-0.4, -0.2) is 24.3 Å². The van der Waals surface area contributed by atoms with E-state index in [2.05, 4.69) is 20.2 Å². The van der Waals surface area contributed by atoms with E-state index in [0.717, 1.165) is 0 Å². The third-order valence-electron chi connectivity index (χ3n) is 2.32. The van der Waals surface area contributed by atoms with Gasteiger partial charge in [-0.1, -0.05) is 12.1 Å². The van der Waals surface area contributed by atoms with Crippen LogP contribution in [0.4, 0.5) is 15.3 Å². The number of carbonyl (C=O) groups excluding carboxylic acids is 1. The lowest BCUT2D eigenvalue weighted by molar-refractivity contribution is 0.0595. The average molecular weight is 294 g/mol. The summed E-state index contributed by atoms with van der Waals surface area (Å²) in [6.07, 6.45) is 1.25. The first-order valence-electron chi connectivity index (χ1n) is 5.48. The van der Waals surface area contributed by atoms with Crippen LogP contribution < -0.4 is 11.2 Å². The Morgan fingerprint density at radius 1 is 1.60 bits per heavy atom. The summed E-state index contributed by atoms with van der Waals surface area (Å²) in [4.78, 5) is 15.3. The Kier molecular flexibility index (Phi) is 4.26. The lowest BCUT2D eigenvalue weighted by Gasteiger charge is -2.03. The fourth-order valence-electron chi connectivity index (χ4n) is 1.41. The van der Waals surface area contributed by atoms with Crippen molar-refractivity contribution >= 4 is 34.5 Å². The largest absolute Gasteiger partial charge is 0.465 e. The summed E-state index contributed by atoms with van der Waals surface area (Å²) >= 11 is 1.27. The van der Waals surface area contributed by atoms with Crippen molar-refractivity contribution < 1.29 is 13.9 Å². The number of benzene rings is 1. The molecular formula is C12H11FN4O2S. The van der Waals surface area contributed by atoms with E-state index in [4.69, 9.17) is 5.73 Å². The van der Waals surface area contributed by atoms with Gasteiger partial charge in [0, 0.05) is 10.9 Å². The molecule has 0 amide bonds. The SMILES string of the molecule is COC(=O)c1cccc(C=NNc2nc(N)cs2)c1F. The van der Waals surface area contributed by atoms with E-state index in [1.54, 1.807) is 5.38 Å². The molecule has 0 aliphatic heterocycles. The number of nitrogens with two attached hydrogens (primary N) is 1. The van der Waals surface area contributed by atoms with Crippen molar-refractivity contribution in [1.82, 2.24) is 4.98 Å². The highest BCUT2D eigenvalue weighted by molar-refractivity contribution is 7.14. The predicted octanol–water partition coefficient (Wildman–Crippen LogP) is 2.10. The Morgan fingerprint density at radius 2 is 2.40 bits per heavy atom. The summed E-state index contributed by atoms with van der Waals surface area (Å²) in [5, 5.41) is 5.98. The van der Waals surface area contributed by atoms with Crippen LogP contribution in [0.5, 0.6) is 0 Å². The molecule has 8 heteroatoms. The molecule has 6 nitrogen and oxygen atoms in total. The second kappa shape index (κ2) is 6.11. The first kappa shape index (κ1) is 13.9. The normalized spacial score (nSPS) is 10.7. The van der Waals surface area contributed by atoms with Crippen molar-refractivity contribution in [3.8, 4) is 0 Å². The van der Waals surface area contributed by atoms with Crippen molar-refractivity contribution in [1.29, 1.82) is 0 Å². The Labute approximate surface area is 118 Å². The fraction of sp³-hybridized carbons (Fsp3) is 0.0833. The first-order valence-corrected chi connectivity index (χ1v) is 6.36. The molecule has 0 atom stereocenters. The van der Waals surface area contributed by atoms with E-state index < -0.39 is 11.8 Å². The van der Waals surface area contributed by atoms with Crippen LogP contribution in [0.1, 0.15) is 15.9 Å². The van der Waals surface area contributed by atoms with Crippen LogP contribution in [-0.2, 0) is 4.74 Å². The number of nitrogens with zero attached hydrogens (tertiary/aromatic N) is 2. The van der Waals surface area contributed by atoms with Crippen molar-refractivity contribution in [3.63, 3.8) is 0 Å². The molecule has 0 fully saturated rings. The maximum Gasteiger partial charge on any atom is 0.340 e. The molecule has 0 aliphatic rings. The maximum absolute atomic E-state index is 14.0. The number of esters is 1. The van der Waals surface area contributed by atoms with Crippen molar-refractivity contribution in [2.45, 2.75) is 0 Å². The zero-order valence-electron chi connectivity index (χ0n) is 10.5. The van der Waals surface area contributed by atoms with Gasteiger partial charge in [-0.25, -0.2) is 14.2 Å². The number of carbonyl (C=O) groups is 1. The minimum absolute atomic E-state index is 0.144. The van der Waals surface area contributed by atoms with Crippen LogP contribution in [0.2, 0.25) is 0 Å². The van der Waals surface area contributed by atoms with Crippen molar-refractivity contribution in [2.24, 2.45) is 5.10 Å². The van der Waals surface area contributed by atoms with Crippen LogP contribution >= 0.6 is 11.3 Å². The highest BCUT2D eigenvalue weighted by Crippen LogP contribution is 2.16. The summed E-state index contributed by atoms with van der Waals surface area (Å²) in [6.45, 7) is 0. The number of anilines is 2. The number of hydrogen-bond donors (Lipinski definition) is 2. The third-order valence-corrected chi connectivity index (χ3v) is 3.08. The number of nitrogen functional groups attached to an aromatic ring is 1. The van der Waals surface area contributed by atoms with Crippen LogP contribution in [0, 0.1) is 5.82 Å². The van der Waals surface area contributed by atoms with Gasteiger partial charge in [0.25, 0.3) is 0 Å². The molecule has 0 unspecified atom stereocenters. The number of rotatable bonds is 4. The lowest BCUT2D eigenvalue weighted by Crippen LogP contribution is -2.06. The van der Waals surface area contributed by atoms with Gasteiger partial charge < -0.3 is 10.5 Å². The van der Waals surface area contributed by atoms with E-state index in [9.17, 15) is 9.18 Å². The molecule has 1 aromatic heterocycles. The zero-order valence-corrected chi connectivity index (χ0v) is 11.3. The quantitative estimate of drug-likeness (QED) is 0.512. The predicted molar refractivity (Wildman–Crippen MR) is 75.5 cm³/mol. The second-order valence-electron chi connectivity index (χ2n) is 3.65. The van der Waals surface area contributed by atoms with Crippen LogP contribution in [0.3, 0.4) is 0 Å². The molecule has 0 bridgehead atoms. The number of hydrazone groups is 1. The highest BCUT2D eigenvalue weighted by Gasteiger charge is 2.14. The standard InChI is InChI=1S/C12H11FN4O2S/c1-19-11(18)8-4-2-3-7(10(8)13)5-15-17-12-16-9(14)6-20-12/h2-6H,14H2,1H3,(H,16,17). The topological polar surface area (TPSA) is 89.6 Å². The number of halogens is 1. The summed E-state index contributed by atoms with van der Waals surface area (Å²) in [5.41, 5.74) is 8.08. The van der Waals surface area contributed by atoms with E-state index in [-0.39, 0.29) is 11.1 Å². The van der Waals surface area contributed by atoms with Gasteiger partial charge in [-0.05, 0) is 6.07 Å². The summed E-state index contributed by atoms with van der Waals surface area (Å²) in [7, 11) is 1.19. The first-order chi connectivity index (χ1) is 9.61. The van der Waals surface area contributed by atoms with Gasteiger partial charge in [-0.3, -0.25) is 5.43 Å². The minimum atomic E-state index is -0.738. The number of aromatic nitrogens is 1. The van der Waals surface area contributed by atoms with E-state index in [1.807, 2.05) is 0 Å². The Bertz CT molecular complexity index is 657. The van der Waals surface area contributed by atoms with Gasteiger partial charge in [-0.15, -0.1) is 11.3 Å². The highest BCUT2D eigenvalue weighted by atomic mass is 32.1. The Balaban J connectivity index is 2.15. The molecule has 104 valence electrons. The molecule has 2 aromatic rings. The van der Waals surface area contributed by atoms with Crippen LogP contribution in [0.15, 0.2) is 28.7 Å². The minimum Gasteiger partial charge on any atom is -0.465 e. The maximum atomic E-state index is 14.0. The van der Waals surface area contributed by atoms with Gasteiger partial charge in [0.1, 0.15) is 11.6 Å². The van der Waals surface area contributed by atoms with Gasteiger partial charge in [-0.2, -0.15) is 5.10 Å². The number of methoxy groups -OCH3 is 1. The second-order valence-corrected chi connectivity index (χ2v) is 4.51. The fourth-order valence-corrected chi connectivity index (χ4v) is 1.96. The Morgan fingerprint density at radius 3 is 3.05 bits per heavy atom. The van der Waals surface area contributed by atoms with Gasteiger partial charge in [0.2, 0.25) is 5.13 Å². The van der Waals surface area contributed by atoms with Crippen molar-refractivity contribution in [2.75, 3.05) is 18.3 Å². The van der Waals surface area contributed by atoms with Crippen LogP contribution in [0.25, 0.3) is 0 Å². The molecule has 0 radical (unpaired) electrons. The number of hydrogen-bond acceptors (Lipinski definition) is 7. The van der Waals surface area contributed by atoms with E-state index in [1.165, 1.54) is 42.9 Å². The summed E-state index contributed by atoms with van der Waals surface area (Å²) < 4.78 is 18.5. The number of nitrogens with one attached hydrogen (secondary N) is 1. The molecular weight excluding hydrogens is 283 g/mol. The number of ether oxygens (including phenoxy) is 1. The molecule has 0 saturated heterocycles. The lowest BCUT2D eigenvalue weighted by atomic mass is 10.1. The molecule has 1 heterocycles.